The van der Waals surface area contributed by atoms with E-state index in [1.165, 1.54) is 11.0 Å². The molecule has 1 saturated heterocycles. The first-order valence-corrected chi connectivity index (χ1v) is 11.1. The Labute approximate surface area is 202 Å². The lowest BCUT2D eigenvalue weighted by Gasteiger charge is -2.61. The maximum Gasteiger partial charge on any atom is 0.417 e. The minimum absolute atomic E-state index is 0.164. The molecule has 36 heavy (non-hydrogen) atoms. The molecule has 0 spiro atoms. The molecule has 9 nitrogen and oxygen atoms in total. The molecule has 1 N–H and O–H groups in total. The number of halogens is 4. The number of aromatic nitrogens is 4. The van der Waals surface area contributed by atoms with E-state index >= 15 is 0 Å². The Morgan fingerprint density at radius 3 is 2.75 bits per heavy atom. The number of alkyl halides is 3. The third kappa shape index (κ3) is 3.82. The normalized spacial score (nSPS) is 23.1. The average Bonchev–Trinajstić information content (AvgIpc) is 3.25. The van der Waals surface area contributed by atoms with Crippen LogP contribution in [0, 0.1) is 30.0 Å². The molecule has 186 valence electrons. The van der Waals surface area contributed by atoms with Gasteiger partial charge in [0.05, 0.1) is 11.3 Å². The predicted molar refractivity (Wildman–Crippen MR) is 116 cm³/mol. The summed E-state index contributed by atoms with van der Waals surface area (Å²) in [5.74, 6) is -0.770. The topological polar surface area (TPSA) is 121 Å². The highest BCUT2D eigenvalue weighted by molar-refractivity contribution is 5.92. The van der Waals surface area contributed by atoms with E-state index < -0.39 is 46.2 Å². The Hall–Kier alpha value is -4.08. The van der Waals surface area contributed by atoms with Crippen LogP contribution in [-0.2, 0) is 11.7 Å². The van der Waals surface area contributed by atoms with Crippen molar-refractivity contribution in [3.05, 3.63) is 53.2 Å². The number of hydrogen-bond donors (Lipinski definition) is 1. The van der Waals surface area contributed by atoms with Crippen LogP contribution in [0.3, 0.4) is 0 Å². The molecule has 1 aromatic carbocycles. The number of amides is 2. The van der Waals surface area contributed by atoms with Gasteiger partial charge in [-0.2, -0.15) is 23.4 Å². The molecule has 5 rings (SSSR count). The molecule has 3 atom stereocenters. The highest BCUT2D eigenvalue weighted by Crippen LogP contribution is 2.55. The number of aryl methyl sites for hydroxylation is 1. The summed E-state index contributed by atoms with van der Waals surface area (Å²) in [7, 11) is 0. The third-order valence-electron chi connectivity index (χ3n) is 6.57. The SMILES string of the molecule is Cc1noc([C@]23C[C@H](C)C[C@H](C2)N3C(=O)Nc2cc(-c3nccc(C#N)n3)c(C(F)(F)F)cc2F)n1. The van der Waals surface area contributed by atoms with Gasteiger partial charge in [-0.3, -0.25) is 0 Å². The van der Waals surface area contributed by atoms with Crippen molar-refractivity contribution in [3.8, 4) is 17.5 Å². The number of anilines is 1. The van der Waals surface area contributed by atoms with Crippen molar-refractivity contribution in [2.75, 3.05) is 5.32 Å². The smallest absolute Gasteiger partial charge is 0.337 e. The van der Waals surface area contributed by atoms with Crippen LogP contribution in [0.1, 0.15) is 49.2 Å². The van der Waals surface area contributed by atoms with E-state index in [0.717, 1.165) is 12.3 Å². The Morgan fingerprint density at radius 1 is 1.31 bits per heavy atom. The van der Waals surface area contributed by atoms with Gasteiger partial charge in [0.15, 0.2) is 11.6 Å². The molecule has 2 aliphatic rings. The van der Waals surface area contributed by atoms with Gasteiger partial charge >= 0.3 is 12.2 Å². The van der Waals surface area contributed by atoms with Crippen LogP contribution < -0.4 is 5.32 Å². The zero-order valence-corrected chi connectivity index (χ0v) is 19.1. The van der Waals surface area contributed by atoms with Crippen LogP contribution >= 0.6 is 0 Å². The fourth-order valence-electron chi connectivity index (χ4n) is 5.25. The van der Waals surface area contributed by atoms with Crippen LogP contribution in [0.2, 0.25) is 0 Å². The molecule has 1 saturated carbocycles. The summed E-state index contributed by atoms with van der Waals surface area (Å²) in [5, 5.41) is 15.3. The van der Waals surface area contributed by atoms with Gasteiger partial charge in [0.25, 0.3) is 5.89 Å². The van der Waals surface area contributed by atoms with Crippen LogP contribution in [0.4, 0.5) is 28.0 Å². The predicted octanol–water partition coefficient (Wildman–Crippen LogP) is 4.80. The second-order valence-electron chi connectivity index (χ2n) is 9.13. The van der Waals surface area contributed by atoms with E-state index in [2.05, 4.69) is 25.4 Å². The maximum absolute atomic E-state index is 14.9. The minimum Gasteiger partial charge on any atom is -0.337 e. The van der Waals surface area contributed by atoms with Crippen molar-refractivity contribution in [3.63, 3.8) is 0 Å². The maximum atomic E-state index is 14.9. The molecule has 3 aromatic rings. The monoisotopic (exact) mass is 501 g/mol. The quantitative estimate of drug-likeness (QED) is 0.512. The van der Waals surface area contributed by atoms with Gasteiger partial charge in [-0.1, -0.05) is 12.1 Å². The number of carbonyl (C=O) groups is 1. The highest BCUT2D eigenvalue weighted by Gasteiger charge is 2.62. The standard InChI is InChI=1S/C23H19F4N7O2/c1-11-5-14-9-22(8-11,20-30-12(2)33-36-20)34(14)21(35)32-18-6-15(16(7-17(18)24)23(25,26)27)19-29-4-3-13(10-28)31-19/h3-4,6-7,11,14H,5,8-9H2,1-2H3,(H,32,35)/t11-,14-,22+/m1/s1. The molecular formula is C23H19F4N7O2. The number of piperidine rings is 1. The Balaban J connectivity index is 1.52. The van der Waals surface area contributed by atoms with Gasteiger partial charge in [0, 0.05) is 24.2 Å². The Morgan fingerprint density at radius 2 is 2.08 bits per heavy atom. The Bertz CT molecular complexity index is 1400. The second kappa shape index (κ2) is 8.25. The molecule has 2 bridgehead atoms. The fraction of sp³-hybridized carbons (Fsp3) is 0.391. The van der Waals surface area contributed by atoms with Gasteiger partial charge in [0.2, 0.25) is 0 Å². The summed E-state index contributed by atoms with van der Waals surface area (Å²) in [6.07, 6.45) is -1.97. The van der Waals surface area contributed by atoms with Crippen LogP contribution in [0.25, 0.3) is 11.4 Å². The van der Waals surface area contributed by atoms with Crippen molar-refractivity contribution in [1.29, 1.82) is 5.26 Å². The van der Waals surface area contributed by atoms with Crippen molar-refractivity contribution in [1.82, 2.24) is 25.0 Å². The average molecular weight is 501 g/mol. The molecule has 0 unspecified atom stereocenters. The lowest BCUT2D eigenvalue weighted by molar-refractivity contribution is -0.137. The van der Waals surface area contributed by atoms with E-state index in [9.17, 15) is 22.4 Å². The first kappa shape index (κ1) is 23.7. The largest absolute Gasteiger partial charge is 0.417 e. The number of urea groups is 1. The molecule has 13 heteroatoms. The number of likely N-dealkylation sites (tertiary alicyclic amines) is 1. The second-order valence-corrected chi connectivity index (χ2v) is 9.13. The van der Waals surface area contributed by atoms with E-state index in [-0.39, 0.29) is 29.6 Å². The molecule has 1 aliphatic carbocycles. The first-order valence-electron chi connectivity index (χ1n) is 11.1. The number of fused-ring (bicyclic) bond motifs is 2. The summed E-state index contributed by atoms with van der Waals surface area (Å²) in [6.45, 7) is 3.69. The molecule has 2 amide bonds. The van der Waals surface area contributed by atoms with Gasteiger partial charge in [-0.15, -0.1) is 0 Å². The van der Waals surface area contributed by atoms with E-state index in [1.807, 2.05) is 6.92 Å². The molecular weight excluding hydrogens is 482 g/mol. The first-order chi connectivity index (χ1) is 17.0. The molecule has 2 fully saturated rings. The number of nitrogens with one attached hydrogen (secondary N) is 1. The zero-order chi connectivity index (χ0) is 25.8. The number of nitriles is 1. The van der Waals surface area contributed by atoms with Crippen LogP contribution in [0.15, 0.2) is 28.9 Å². The molecule has 3 heterocycles. The number of nitrogens with zero attached hydrogens (tertiary/aromatic N) is 6. The number of carbonyl (C=O) groups excluding carboxylic acids is 1. The van der Waals surface area contributed by atoms with Crippen molar-refractivity contribution >= 4 is 11.7 Å². The Kier molecular flexibility index (Phi) is 5.42. The van der Waals surface area contributed by atoms with E-state index in [0.29, 0.717) is 25.1 Å². The summed E-state index contributed by atoms with van der Waals surface area (Å²) < 4.78 is 61.4. The van der Waals surface area contributed by atoms with Crippen LogP contribution in [-0.4, -0.2) is 37.1 Å². The van der Waals surface area contributed by atoms with Crippen molar-refractivity contribution in [2.24, 2.45) is 5.92 Å². The number of rotatable bonds is 3. The van der Waals surface area contributed by atoms with Gasteiger partial charge < -0.3 is 14.7 Å². The van der Waals surface area contributed by atoms with Gasteiger partial charge in [0.1, 0.15) is 23.1 Å². The summed E-state index contributed by atoms with van der Waals surface area (Å²) in [6, 6.07) is 3.19. The van der Waals surface area contributed by atoms with Crippen molar-refractivity contribution < 1.29 is 26.9 Å². The summed E-state index contributed by atoms with van der Waals surface area (Å²) >= 11 is 0. The minimum atomic E-state index is -4.94. The summed E-state index contributed by atoms with van der Waals surface area (Å²) in [5.41, 5.74) is -3.42. The summed E-state index contributed by atoms with van der Waals surface area (Å²) in [4.78, 5) is 26.8. The number of benzene rings is 1. The molecule has 1 aliphatic heterocycles. The third-order valence-corrected chi connectivity index (χ3v) is 6.57. The molecule has 2 aromatic heterocycles. The van der Waals surface area contributed by atoms with E-state index in [1.54, 1.807) is 13.0 Å². The van der Waals surface area contributed by atoms with E-state index in [4.69, 9.17) is 9.78 Å². The van der Waals surface area contributed by atoms with Gasteiger partial charge in [-0.05, 0) is 43.9 Å². The fourth-order valence-corrected chi connectivity index (χ4v) is 5.25. The number of hydrogen-bond acceptors (Lipinski definition) is 7. The zero-order valence-electron chi connectivity index (χ0n) is 19.1. The lowest BCUT2D eigenvalue weighted by atomic mass is 9.64. The van der Waals surface area contributed by atoms with Crippen molar-refractivity contribution in [2.45, 2.75) is 50.9 Å². The van der Waals surface area contributed by atoms with Crippen LogP contribution in [0.5, 0.6) is 0 Å². The van der Waals surface area contributed by atoms with Gasteiger partial charge in [-0.25, -0.2) is 19.2 Å². The lowest BCUT2D eigenvalue weighted by Crippen LogP contribution is -2.70. The highest BCUT2D eigenvalue weighted by atomic mass is 19.4. The molecule has 0 radical (unpaired) electrons.